The summed E-state index contributed by atoms with van der Waals surface area (Å²) in [6.45, 7) is 4.04. The highest BCUT2D eigenvalue weighted by Crippen LogP contribution is 2.36. The van der Waals surface area contributed by atoms with Crippen LogP contribution in [0.2, 0.25) is 5.02 Å². The van der Waals surface area contributed by atoms with Gasteiger partial charge in [0.15, 0.2) is 0 Å². The molecule has 1 rings (SSSR count). The van der Waals surface area contributed by atoms with Crippen LogP contribution < -0.4 is 5.32 Å². The lowest BCUT2D eigenvalue weighted by atomic mass is 10.00. The van der Waals surface area contributed by atoms with Crippen molar-refractivity contribution in [1.29, 1.82) is 0 Å². The molecule has 1 aromatic rings. The van der Waals surface area contributed by atoms with Gasteiger partial charge >= 0.3 is 6.18 Å². The minimum absolute atomic E-state index is 0.118. The molecular weight excluding hydrogens is 361 g/mol. The van der Waals surface area contributed by atoms with Crippen molar-refractivity contribution in [3.8, 4) is 0 Å². The summed E-state index contributed by atoms with van der Waals surface area (Å²) < 4.78 is 39.5. The van der Waals surface area contributed by atoms with Crippen molar-refractivity contribution in [1.82, 2.24) is 10.2 Å². The summed E-state index contributed by atoms with van der Waals surface area (Å²) in [5.74, 6) is -1.19. The smallest absolute Gasteiger partial charge is 0.394 e. The van der Waals surface area contributed by atoms with Gasteiger partial charge in [-0.2, -0.15) is 13.2 Å². The van der Waals surface area contributed by atoms with Gasteiger partial charge < -0.3 is 15.3 Å². The summed E-state index contributed by atoms with van der Waals surface area (Å²) in [5.41, 5.74) is -1.36. The molecule has 0 fully saturated rings. The molecule has 1 unspecified atom stereocenters. The number of nitrogens with one attached hydrogen (secondary N) is 1. The molecule has 25 heavy (non-hydrogen) atoms. The van der Waals surface area contributed by atoms with Crippen LogP contribution in [0.1, 0.15) is 24.1 Å². The lowest BCUT2D eigenvalue weighted by molar-refractivity contribution is -0.139. The maximum Gasteiger partial charge on any atom is 0.416 e. The fourth-order valence-corrected chi connectivity index (χ4v) is 2.36. The van der Waals surface area contributed by atoms with Crippen LogP contribution in [-0.4, -0.2) is 41.5 Å². The molecule has 0 aliphatic carbocycles. The molecule has 0 aliphatic heterocycles. The molecule has 2 N–H and O–H groups in total. The molecular formula is C16H18ClF3N2O3. The van der Waals surface area contributed by atoms with E-state index in [0.29, 0.717) is 0 Å². The standard InChI is InChI=1S/C16H18ClF3N2O3/c1-3-15(25)22(4-2)8-14(24)21-13(9-23)11-6-5-10(17)7-12(11)16(18,19)20/h3,5-7,13,23H,1,4,8-9H2,2H3,(H,21,24). The van der Waals surface area contributed by atoms with E-state index in [1.165, 1.54) is 6.07 Å². The van der Waals surface area contributed by atoms with E-state index < -0.39 is 36.2 Å². The van der Waals surface area contributed by atoms with Gasteiger partial charge in [0.25, 0.3) is 0 Å². The molecule has 9 heteroatoms. The number of amides is 2. The van der Waals surface area contributed by atoms with Gasteiger partial charge in [0, 0.05) is 11.6 Å². The minimum Gasteiger partial charge on any atom is -0.394 e. The van der Waals surface area contributed by atoms with Crippen molar-refractivity contribution in [3.63, 3.8) is 0 Å². The monoisotopic (exact) mass is 378 g/mol. The van der Waals surface area contributed by atoms with Crippen molar-refractivity contribution in [2.24, 2.45) is 0 Å². The van der Waals surface area contributed by atoms with E-state index in [1.54, 1.807) is 6.92 Å². The van der Waals surface area contributed by atoms with Gasteiger partial charge in [0.1, 0.15) is 0 Å². The van der Waals surface area contributed by atoms with Gasteiger partial charge in [-0.25, -0.2) is 0 Å². The average molecular weight is 379 g/mol. The summed E-state index contributed by atoms with van der Waals surface area (Å²) in [7, 11) is 0. The van der Waals surface area contributed by atoms with Gasteiger partial charge in [-0.1, -0.05) is 24.2 Å². The number of carbonyl (C=O) groups excluding carboxylic acids is 2. The first kappa shape index (κ1) is 21.0. The van der Waals surface area contributed by atoms with E-state index in [9.17, 15) is 27.9 Å². The molecule has 2 amide bonds. The molecule has 0 saturated heterocycles. The lowest BCUT2D eigenvalue weighted by Gasteiger charge is -2.24. The summed E-state index contributed by atoms with van der Waals surface area (Å²) in [6, 6.07) is 1.77. The van der Waals surface area contributed by atoms with Crippen molar-refractivity contribution >= 4 is 23.4 Å². The predicted molar refractivity (Wildman–Crippen MR) is 86.9 cm³/mol. The van der Waals surface area contributed by atoms with Crippen LogP contribution in [0, 0.1) is 0 Å². The molecule has 0 radical (unpaired) electrons. The van der Waals surface area contributed by atoms with E-state index in [2.05, 4.69) is 11.9 Å². The summed E-state index contributed by atoms with van der Waals surface area (Å²) in [6.07, 6.45) is -3.67. The second kappa shape index (κ2) is 8.87. The highest BCUT2D eigenvalue weighted by atomic mass is 35.5. The summed E-state index contributed by atoms with van der Waals surface area (Å²) in [5, 5.41) is 11.6. The molecule has 138 valence electrons. The number of benzene rings is 1. The predicted octanol–water partition coefficient (Wildman–Crippen LogP) is 2.54. The zero-order valence-electron chi connectivity index (χ0n) is 13.4. The van der Waals surface area contributed by atoms with E-state index in [-0.39, 0.29) is 23.7 Å². The number of carbonyl (C=O) groups is 2. The number of hydrogen-bond donors (Lipinski definition) is 2. The van der Waals surface area contributed by atoms with Crippen molar-refractivity contribution in [3.05, 3.63) is 47.0 Å². The number of halogens is 4. The Morgan fingerprint density at radius 2 is 2.08 bits per heavy atom. The first-order valence-corrected chi connectivity index (χ1v) is 7.70. The van der Waals surface area contributed by atoms with E-state index in [0.717, 1.165) is 23.1 Å². The Morgan fingerprint density at radius 1 is 1.44 bits per heavy atom. The maximum atomic E-state index is 13.2. The molecule has 0 aliphatic rings. The zero-order valence-corrected chi connectivity index (χ0v) is 14.2. The van der Waals surface area contributed by atoms with Gasteiger partial charge in [-0.05, 0) is 30.7 Å². The fourth-order valence-electron chi connectivity index (χ4n) is 2.19. The van der Waals surface area contributed by atoms with E-state index in [4.69, 9.17) is 11.6 Å². The number of nitrogens with zero attached hydrogens (tertiary/aromatic N) is 1. The Hall–Kier alpha value is -2.06. The Bertz CT molecular complexity index is 650. The molecule has 5 nitrogen and oxygen atoms in total. The van der Waals surface area contributed by atoms with Crippen LogP contribution >= 0.6 is 11.6 Å². The van der Waals surface area contributed by atoms with Crippen LogP contribution in [0.3, 0.4) is 0 Å². The number of alkyl halides is 3. The molecule has 0 saturated carbocycles. The third-order valence-corrected chi connectivity index (χ3v) is 3.65. The number of aliphatic hydroxyl groups excluding tert-OH is 1. The van der Waals surface area contributed by atoms with Crippen molar-refractivity contribution in [2.75, 3.05) is 19.7 Å². The summed E-state index contributed by atoms with van der Waals surface area (Å²) >= 11 is 5.61. The molecule has 0 bridgehead atoms. The molecule has 0 aromatic heterocycles. The number of hydrogen-bond acceptors (Lipinski definition) is 3. The molecule has 1 aromatic carbocycles. The quantitative estimate of drug-likeness (QED) is 0.716. The van der Waals surface area contributed by atoms with Crippen molar-refractivity contribution < 1.29 is 27.9 Å². The van der Waals surface area contributed by atoms with Crippen LogP contribution in [0.25, 0.3) is 0 Å². The van der Waals surface area contributed by atoms with Gasteiger partial charge in [-0.3, -0.25) is 9.59 Å². The fraction of sp³-hybridized carbons (Fsp3) is 0.375. The molecule has 0 spiro atoms. The SMILES string of the molecule is C=CC(=O)N(CC)CC(=O)NC(CO)c1ccc(Cl)cc1C(F)(F)F. The number of likely N-dealkylation sites (N-methyl/N-ethyl adjacent to an activating group) is 1. The Labute approximate surface area is 148 Å². The van der Waals surface area contributed by atoms with Crippen LogP contribution in [0.15, 0.2) is 30.9 Å². The number of aliphatic hydroxyl groups is 1. The highest BCUT2D eigenvalue weighted by molar-refractivity contribution is 6.30. The van der Waals surface area contributed by atoms with Gasteiger partial charge in [0.05, 0.1) is 24.8 Å². The zero-order chi connectivity index (χ0) is 19.2. The van der Waals surface area contributed by atoms with Gasteiger partial charge in [-0.15, -0.1) is 0 Å². The van der Waals surface area contributed by atoms with Crippen LogP contribution in [0.5, 0.6) is 0 Å². The molecule has 0 heterocycles. The highest BCUT2D eigenvalue weighted by Gasteiger charge is 2.35. The third kappa shape index (κ3) is 5.75. The third-order valence-electron chi connectivity index (χ3n) is 3.42. The Morgan fingerprint density at radius 3 is 2.56 bits per heavy atom. The van der Waals surface area contributed by atoms with E-state index >= 15 is 0 Å². The largest absolute Gasteiger partial charge is 0.416 e. The second-order valence-corrected chi connectivity index (χ2v) is 5.52. The van der Waals surface area contributed by atoms with Gasteiger partial charge in [0.2, 0.25) is 11.8 Å². The Balaban J connectivity index is 3.02. The normalized spacial score (nSPS) is 12.4. The lowest BCUT2D eigenvalue weighted by Crippen LogP contribution is -2.42. The van der Waals surface area contributed by atoms with Crippen LogP contribution in [-0.2, 0) is 15.8 Å². The summed E-state index contributed by atoms with van der Waals surface area (Å²) in [4.78, 5) is 24.7. The second-order valence-electron chi connectivity index (χ2n) is 5.09. The first-order valence-electron chi connectivity index (χ1n) is 7.32. The van der Waals surface area contributed by atoms with Crippen LogP contribution in [0.4, 0.5) is 13.2 Å². The Kier molecular flexibility index (Phi) is 7.44. The average Bonchev–Trinajstić information content (AvgIpc) is 2.56. The number of rotatable bonds is 7. The maximum absolute atomic E-state index is 13.2. The minimum atomic E-state index is -4.70. The van der Waals surface area contributed by atoms with Crippen molar-refractivity contribution in [2.45, 2.75) is 19.1 Å². The topological polar surface area (TPSA) is 69.6 Å². The first-order chi connectivity index (χ1) is 11.6. The van der Waals surface area contributed by atoms with E-state index in [1.807, 2.05) is 0 Å². The molecule has 1 atom stereocenters.